The van der Waals surface area contributed by atoms with Crippen molar-refractivity contribution in [3.05, 3.63) is 57.2 Å². The molecule has 1 saturated carbocycles. The first-order valence-electron chi connectivity index (χ1n) is 9.67. The van der Waals surface area contributed by atoms with E-state index in [1.165, 1.54) is 31.0 Å². The van der Waals surface area contributed by atoms with Crippen LogP contribution in [0.5, 0.6) is 0 Å². The van der Waals surface area contributed by atoms with Gasteiger partial charge in [-0.15, -0.1) is 0 Å². The molecule has 0 radical (unpaired) electrons. The highest BCUT2D eigenvalue weighted by Crippen LogP contribution is 2.38. The number of aromatic nitrogens is 1. The Labute approximate surface area is 180 Å². The molecule has 6 heteroatoms. The Balaban J connectivity index is 1.64. The molecule has 4 rings (SSSR count). The summed E-state index contributed by atoms with van der Waals surface area (Å²) in [5, 5.41) is 0.720. The highest BCUT2D eigenvalue weighted by Gasteiger charge is 2.37. The average molecular weight is 431 g/mol. The third-order valence-electron chi connectivity index (χ3n) is 5.61. The maximum absolute atomic E-state index is 13.1. The fourth-order valence-corrected chi connectivity index (χ4v) is 5.71. The van der Waals surface area contributed by atoms with Gasteiger partial charge in [0, 0.05) is 28.1 Å². The molecule has 0 bridgehead atoms. The second kappa shape index (κ2) is 8.05. The van der Waals surface area contributed by atoms with Gasteiger partial charge >= 0.3 is 0 Å². The van der Waals surface area contributed by atoms with Gasteiger partial charge in [0.25, 0.3) is 5.91 Å². The lowest BCUT2D eigenvalue weighted by Gasteiger charge is -2.29. The molecule has 0 atom stereocenters. The fraction of sp³-hybridized carbons (Fsp3) is 0.364. The van der Waals surface area contributed by atoms with E-state index in [0.29, 0.717) is 4.32 Å². The molecule has 28 heavy (non-hydrogen) atoms. The van der Waals surface area contributed by atoms with Crippen molar-refractivity contribution in [2.45, 2.75) is 52.0 Å². The summed E-state index contributed by atoms with van der Waals surface area (Å²) in [4.78, 5) is 15.7. The summed E-state index contributed by atoms with van der Waals surface area (Å²) in [5.41, 5.74) is 4.34. The molecule has 2 heterocycles. The molecular weight excluding hydrogens is 408 g/mol. The van der Waals surface area contributed by atoms with Crippen LogP contribution in [-0.4, -0.2) is 25.7 Å². The van der Waals surface area contributed by atoms with E-state index in [2.05, 4.69) is 24.5 Å². The van der Waals surface area contributed by atoms with E-state index in [9.17, 15) is 4.79 Å². The molecule has 1 aliphatic carbocycles. The van der Waals surface area contributed by atoms with E-state index in [4.69, 9.17) is 23.8 Å². The second-order valence-corrected chi connectivity index (χ2v) is 9.59. The molecule has 2 fully saturated rings. The van der Waals surface area contributed by atoms with E-state index < -0.39 is 0 Å². The zero-order valence-corrected chi connectivity index (χ0v) is 18.5. The van der Waals surface area contributed by atoms with E-state index in [1.807, 2.05) is 35.2 Å². The zero-order valence-electron chi connectivity index (χ0n) is 16.1. The molecule has 146 valence electrons. The van der Waals surface area contributed by atoms with Gasteiger partial charge in [0.05, 0.1) is 4.91 Å². The van der Waals surface area contributed by atoms with Gasteiger partial charge in [-0.3, -0.25) is 9.69 Å². The molecule has 0 spiro atoms. The molecule has 3 nitrogen and oxygen atoms in total. The van der Waals surface area contributed by atoms with Crippen molar-refractivity contribution in [3.63, 3.8) is 0 Å². The van der Waals surface area contributed by atoms with E-state index in [-0.39, 0.29) is 11.9 Å². The topological polar surface area (TPSA) is 25.2 Å². The van der Waals surface area contributed by atoms with Crippen molar-refractivity contribution in [2.24, 2.45) is 0 Å². The van der Waals surface area contributed by atoms with Crippen molar-refractivity contribution in [3.8, 4) is 5.69 Å². The zero-order chi connectivity index (χ0) is 19.8. The molecule has 1 amide bonds. The minimum absolute atomic E-state index is 0.0678. The van der Waals surface area contributed by atoms with Crippen molar-refractivity contribution in [1.82, 2.24) is 9.47 Å². The fourth-order valence-electron chi connectivity index (χ4n) is 4.20. The number of carbonyl (C=O) groups excluding carboxylic acids is 1. The average Bonchev–Trinajstić information content (AvgIpc) is 3.12. The highest BCUT2D eigenvalue weighted by molar-refractivity contribution is 8.26. The molecule has 2 aromatic rings. The largest absolute Gasteiger partial charge is 0.318 e. The normalized spacial score (nSPS) is 19.8. The van der Waals surface area contributed by atoms with Gasteiger partial charge in [-0.05, 0) is 68.7 Å². The smallest absolute Gasteiger partial charge is 0.266 e. The van der Waals surface area contributed by atoms with Gasteiger partial charge in [0.2, 0.25) is 0 Å². The predicted octanol–water partition coefficient (Wildman–Crippen LogP) is 6.28. The number of carbonyl (C=O) groups is 1. The lowest BCUT2D eigenvalue weighted by atomic mass is 9.94. The first kappa shape index (κ1) is 19.7. The quantitative estimate of drug-likeness (QED) is 0.423. The Morgan fingerprint density at radius 1 is 1.14 bits per heavy atom. The van der Waals surface area contributed by atoms with Gasteiger partial charge in [-0.1, -0.05) is 54.8 Å². The van der Waals surface area contributed by atoms with Crippen LogP contribution in [0.1, 0.15) is 49.1 Å². The van der Waals surface area contributed by atoms with Crippen LogP contribution in [0.4, 0.5) is 0 Å². The number of thioether (sulfide) groups is 1. The lowest BCUT2D eigenvalue weighted by molar-refractivity contribution is -0.124. The molecular formula is C22H23ClN2OS2. The van der Waals surface area contributed by atoms with Crippen molar-refractivity contribution >= 4 is 51.9 Å². The first-order valence-corrected chi connectivity index (χ1v) is 11.3. The van der Waals surface area contributed by atoms with Gasteiger partial charge in [-0.2, -0.15) is 0 Å². The number of amides is 1. The van der Waals surface area contributed by atoms with Crippen LogP contribution in [0.25, 0.3) is 11.8 Å². The number of halogens is 1. The number of aryl methyl sites for hydroxylation is 1. The Hall–Kier alpha value is -1.56. The summed E-state index contributed by atoms with van der Waals surface area (Å²) < 4.78 is 2.89. The molecule has 1 aromatic heterocycles. The molecule has 0 unspecified atom stereocenters. The maximum atomic E-state index is 13.1. The molecule has 0 N–H and O–H groups in total. The lowest BCUT2D eigenvalue weighted by Crippen LogP contribution is -2.39. The Morgan fingerprint density at radius 3 is 2.50 bits per heavy atom. The standard InChI is InChI=1S/C22H23ClN2OS2/c1-14-12-16(15(2)24(14)19-10-8-17(23)9-11-19)13-20-21(26)25(22(27)28-20)18-6-4-3-5-7-18/h8-13,18H,3-7H2,1-2H3. The third-order valence-corrected chi connectivity index (χ3v) is 7.19. The summed E-state index contributed by atoms with van der Waals surface area (Å²) in [5.74, 6) is 0.0678. The van der Waals surface area contributed by atoms with Crippen molar-refractivity contribution in [2.75, 3.05) is 0 Å². The number of hydrogen-bond donors (Lipinski definition) is 0. The minimum Gasteiger partial charge on any atom is -0.318 e. The number of thiocarbonyl (C=S) groups is 1. The van der Waals surface area contributed by atoms with Crippen LogP contribution in [0.3, 0.4) is 0 Å². The van der Waals surface area contributed by atoms with E-state index in [0.717, 1.165) is 45.4 Å². The van der Waals surface area contributed by atoms with Crippen LogP contribution in [0, 0.1) is 13.8 Å². The predicted molar refractivity (Wildman–Crippen MR) is 122 cm³/mol. The Kier molecular flexibility index (Phi) is 5.68. The molecule has 1 aromatic carbocycles. The number of rotatable bonds is 3. The highest BCUT2D eigenvalue weighted by atomic mass is 35.5. The monoisotopic (exact) mass is 430 g/mol. The van der Waals surface area contributed by atoms with Gasteiger partial charge in [-0.25, -0.2) is 0 Å². The number of benzene rings is 1. The van der Waals surface area contributed by atoms with Gasteiger partial charge < -0.3 is 4.57 Å². The van der Waals surface area contributed by atoms with Crippen LogP contribution < -0.4 is 0 Å². The van der Waals surface area contributed by atoms with Crippen LogP contribution in [-0.2, 0) is 4.79 Å². The third kappa shape index (κ3) is 3.68. The maximum Gasteiger partial charge on any atom is 0.266 e. The summed E-state index contributed by atoms with van der Waals surface area (Å²) in [7, 11) is 0. The minimum atomic E-state index is 0.0678. The van der Waals surface area contributed by atoms with E-state index >= 15 is 0 Å². The Bertz CT molecular complexity index is 956. The summed E-state index contributed by atoms with van der Waals surface area (Å²) in [6.07, 6.45) is 7.75. The molecule has 2 aliphatic rings. The molecule has 1 aliphatic heterocycles. The Morgan fingerprint density at radius 2 is 1.82 bits per heavy atom. The second-order valence-electron chi connectivity index (χ2n) is 7.48. The summed E-state index contributed by atoms with van der Waals surface area (Å²) in [6, 6.07) is 10.2. The van der Waals surface area contributed by atoms with Gasteiger partial charge in [0.1, 0.15) is 4.32 Å². The molecule has 1 saturated heterocycles. The van der Waals surface area contributed by atoms with Crippen LogP contribution in [0.15, 0.2) is 35.2 Å². The van der Waals surface area contributed by atoms with E-state index in [1.54, 1.807) is 0 Å². The first-order chi connectivity index (χ1) is 13.5. The SMILES string of the molecule is Cc1cc(C=C2SC(=S)N(C3CCCCC3)C2=O)c(C)n1-c1ccc(Cl)cc1. The van der Waals surface area contributed by atoms with Crippen molar-refractivity contribution < 1.29 is 4.79 Å². The number of nitrogens with zero attached hydrogens (tertiary/aromatic N) is 2. The number of hydrogen-bond acceptors (Lipinski definition) is 3. The summed E-state index contributed by atoms with van der Waals surface area (Å²) in [6.45, 7) is 4.15. The van der Waals surface area contributed by atoms with Gasteiger partial charge in [0.15, 0.2) is 0 Å². The summed E-state index contributed by atoms with van der Waals surface area (Å²) >= 11 is 13.0. The van der Waals surface area contributed by atoms with Crippen molar-refractivity contribution in [1.29, 1.82) is 0 Å². The van der Waals surface area contributed by atoms with Crippen LogP contribution >= 0.6 is 35.6 Å². The van der Waals surface area contributed by atoms with Crippen LogP contribution in [0.2, 0.25) is 5.02 Å².